The highest BCUT2D eigenvalue weighted by Crippen LogP contribution is 2.39. The summed E-state index contributed by atoms with van der Waals surface area (Å²) in [6.45, 7) is 4.42. The van der Waals surface area contributed by atoms with E-state index in [1.54, 1.807) is 0 Å². The van der Waals surface area contributed by atoms with Crippen LogP contribution in [0.3, 0.4) is 0 Å². The van der Waals surface area contributed by atoms with E-state index in [-0.39, 0.29) is 0 Å². The van der Waals surface area contributed by atoms with Gasteiger partial charge >= 0.3 is 0 Å². The van der Waals surface area contributed by atoms with Crippen molar-refractivity contribution in [3.8, 4) is 0 Å². The molecule has 0 aliphatic heterocycles. The maximum Gasteiger partial charge on any atom is 0.202 e. The van der Waals surface area contributed by atoms with E-state index in [2.05, 4.69) is 28.5 Å². The normalized spacial score (nSPS) is 17.4. The van der Waals surface area contributed by atoms with E-state index in [4.69, 9.17) is 0 Å². The van der Waals surface area contributed by atoms with Gasteiger partial charge in [0.2, 0.25) is 5.13 Å². The fraction of sp³-hybridized carbons (Fsp3) is 0.818. The number of hydrogen-bond donors (Lipinski definition) is 1. The van der Waals surface area contributed by atoms with Gasteiger partial charge in [0.15, 0.2) is 0 Å². The van der Waals surface area contributed by atoms with Crippen molar-refractivity contribution < 1.29 is 0 Å². The lowest BCUT2D eigenvalue weighted by Gasteiger charge is -2.11. The molecule has 1 unspecified atom stereocenters. The smallest absolute Gasteiger partial charge is 0.202 e. The van der Waals surface area contributed by atoms with Gasteiger partial charge in [0, 0.05) is 23.5 Å². The number of anilines is 1. The molecule has 1 N–H and O–H groups in total. The minimum atomic E-state index is 0.499. The molecule has 1 aliphatic carbocycles. The number of nitrogens with zero attached hydrogens (tertiary/aromatic N) is 2. The van der Waals surface area contributed by atoms with Crippen LogP contribution in [0.2, 0.25) is 0 Å². The van der Waals surface area contributed by atoms with Crippen molar-refractivity contribution in [3.05, 3.63) is 5.82 Å². The first-order chi connectivity index (χ1) is 7.79. The highest BCUT2D eigenvalue weighted by atomic mass is 32.2. The van der Waals surface area contributed by atoms with Gasteiger partial charge in [0.1, 0.15) is 5.82 Å². The summed E-state index contributed by atoms with van der Waals surface area (Å²) in [5.41, 5.74) is 0. The zero-order valence-corrected chi connectivity index (χ0v) is 11.5. The van der Waals surface area contributed by atoms with Crippen LogP contribution in [-0.4, -0.2) is 26.9 Å². The predicted molar refractivity (Wildman–Crippen MR) is 72.6 cm³/mol. The molecule has 5 heteroatoms. The third-order valence-electron chi connectivity index (χ3n) is 2.65. The van der Waals surface area contributed by atoms with Crippen molar-refractivity contribution in [1.29, 1.82) is 0 Å². The van der Waals surface area contributed by atoms with Gasteiger partial charge < -0.3 is 5.32 Å². The average Bonchev–Trinajstić information content (AvgIpc) is 3.01. The first kappa shape index (κ1) is 12.2. The summed E-state index contributed by atoms with van der Waals surface area (Å²) in [7, 11) is 0. The van der Waals surface area contributed by atoms with E-state index in [0.717, 1.165) is 11.0 Å². The Balaban J connectivity index is 1.74. The highest BCUT2D eigenvalue weighted by molar-refractivity contribution is 7.99. The standard InChI is InChI=1S/C11H19N3S2/c1-3-15-7-6-8(2)12-11-13-10(14-16-11)9-4-5-9/h8-9H,3-7H2,1-2H3,(H,12,13,14). The molecule has 1 atom stereocenters. The van der Waals surface area contributed by atoms with Gasteiger partial charge in [-0.1, -0.05) is 6.92 Å². The summed E-state index contributed by atoms with van der Waals surface area (Å²) in [6.07, 6.45) is 3.74. The van der Waals surface area contributed by atoms with Gasteiger partial charge in [-0.15, -0.1) is 0 Å². The molecule has 0 radical (unpaired) electrons. The summed E-state index contributed by atoms with van der Waals surface area (Å²) in [6, 6.07) is 0.499. The Bertz CT molecular complexity index is 323. The van der Waals surface area contributed by atoms with Gasteiger partial charge in [-0.05, 0) is 37.7 Å². The predicted octanol–water partition coefficient (Wildman–Crippen LogP) is 3.36. The van der Waals surface area contributed by atoms with E-state index >= 15 is 0 Å². The maximum atomic E-state index is 4.53. The van der Waals surface area contributed by atoms with Crippen LogP contribution >= 0.6 is 23.3 Å². The molecule has 2 rings (SSSR count). The van der Waals surface area contributed by atoms with Gasteiger partial charge in [-0.2, -0.15) is 16.1 Å². The quantitative estimate of drug-likeness (QED) is 0.760. The fourth-order valence-electron chi connectivity index (χ4n) is 1.49. The summed E-state index contributed by atoms with van der Waals surface area (Å²) < 4.78 is 4.39. The molecule has 1 aromatic heterocycles. The minimum Gasteiger partial charge on any atom is -0.358 e. The lowest BCUT2D eigenvalue weighted by molar-refractivity contribution is 0.769. The number of aromatic nitrogens is 2. The molecular weight excluding hydrogens is 238 g/mol. The number of rotatable bonds is 7. The molecule has 1 aromatic rings. The van der Waals surface area contributed by atoms with Crippen LogP contribution in [0.5, 0.6) is 0 Å². The van der Waals surface area contributed by atoms with Gasteiger partial charge in [0.05, 0.1) is 0 Å². The summed E-state index contributed by atoms with van der Waals surface area (Å²) in [4.78, 5) is 4.53. The molecule has 1 heterocycles. The number of thioether (sulfide) groups is 1. The molecule has 0 spiro atoms. The highest BCUT2D eigenvalue weighted by Gasteiger charge is 2.27. The number of hydrogen-bond acceptors (Lipinski definition) is 5. The Morgan fingerprint density at radius 3 is 3.06 bits per heavy atom. The minimum absolute atomic E-state index is 0.499. The van der Waals surface area contributed by atoms with Crippen molar-refractivity contribution in [2.24, 2.45) is 0 Å². The summed E-state index contributed by atoms with van der Waals surface area (Å²) in [5, 5.41) is 4.43. The lowest BCUT2D eigenvalue weighted by atomic mass is 10.3. The first-order valence-corrected chi connectivity index (χ1v) is 7.90. The van der Waals surface area contributed by atoms with Crippen LogP contribution < -0.4 is 5.32 Å². The number of nitrogens with one attached hydrogen (secondary N) is 1. The Labute approximate surface area is 106 Å². The van der Waals surface area contributed by atoms with Gasteiger partial charge in [-0.25, -0.2) is 4.98 Å². The maximum absolute atomic E-state index is 4.53. The van der Waals surface area contributed by atoms with Gasteiger partial charge in [-0.3, -0.25) is 0 Å². The molecule has 0 bridgehead atoms. The van der Waals surface area contributed by atoms with E-state index in [0.29, 0.717) is 12.0 Å². The van der Waals surface area contributed by atoms with E-state index in [1.807, 2.05) is 11.8 Å². The summed E-state index contributed by atoms with van der Waals surface area (Å²) >= 11 is 3.50. The molecule has 16 heavy (non-hydrogen) atoms. The third kappa shape index (κ3) is 3.63. The Morgan fingerprint density at radius 2 is 2.38 bits per heavy atom. The molecule has 0 aromatic carbocycles. The van der Waals surface area contributed by atoms with Crippen LogP contribution in [0.15, 0.2) is 0 Å². The zero-order chi connectivity index (χ0) is 11.4. The second-order valence-electron chi connectivity index (χ2n) is 4.26. The molecule has 0 amide bonds. The fourth-order valence-corrected chi connectivity index (χ4v) is 3.06. The monoisotopic (exact) mass is 257 g/mol. The van der Waals surface area contributed by atoms with E-state index in [1.165, 1.54) is 42.3 Å². The van der Waals surface area contributed by atoms with Crippen LogP contribution in [-0.2, 0) is 0 Å². The molecule has 0 saturated heterocycles. The van der Waals surface area contributed by atoms with Crippen molar-refractivity contribution in [1.82, 2.24) is 9.36 Å². The van der Waals surface area contributed by atoms with Crippen LogP contribution in [0.4, 0.5) is 5.13 Å². The van der Waals surface area contributed by atoms with Crippen LogP contribution in [0.1, 0.15) is 44.9 Å². The van der Waals surface area contributed by atoms with Crippen molar-refractivity contribution >= 4 is 28.4 Å². The van der Waals surface area contributed by atoms with Crippen LogP contribution in [0, 0.1) is 0 Å². The molecule has 1 aliphatic rings. The van der Waals surface area contributed by atoms with Crippen molar-refractivity contribution in [2.45, 2.75) is 45.1 Å². The SMILES string of the molecule is CCSCCC(C)Nc1nc(C2CC2)ns1. The Kier molecular flexibility index (Phi) is 4.46. The second-order valence-corrected chi connectivity index (χ2v) is 6.41. The molecule has 1 saturated carbocycles. The summed E-state index contributed by atoms with van der Waals surface area (Å²) in [5.74, 6) is 4.15. The lowest BCUT2D eigenvalue weighted by Crippen LogP contribution is -2.15. The average molecular weight is 257 g/mol. The van der Waals surface area contributed by atoms with E-state index in [9.17, 15) is 0 Å². The largest absolute Gasteiger partial charge is 0.358 e. The topological polar surface area (TPSA) is 37.8 Å². The molecule has 3 nitrogen and oxygen atoms in total. The first-order valence-electron chi connectivity index (χ1n) is 5.97. The van der Waals surface area contributed by atoms with Crippen molar-refractivity contribution in [2.75, 3.05) is 16.8 Å². The second kappa shape index (κ2) is 5.87. The zero-order valence-electron chi connectivity index (χ0n) is 9.90. The van der Waals surface area contributed by atoms with E-state index < -0.39 is 0 Å². The molecule has 1 fully saturated rings. The van der Waals surface area contributed by atoms with Gasteiger partial charge in [0.25, 0.3) is 0 Å². The van der Waals surface area contributed by atoms with Crippen molar-refractivity contribution in [3.63, 3.8) is 0 Å². The molecule has 90 valence electrons. The molecular formula is C11H19N3S2. The Morgan fingerprint density at radius 1 is 1.56 bits per heavy atom. The third-order valence-corrected chi connectivity index (χ3v) is 4.25. The Hall–Kier alpha value is -0.290. The van der Waals surface area contributed by atoms with Crippen LogP contribution in [0.25, 0.3) is 0 Å².